The summed E-state index contributed by atoms with van der Waals surface area (Å²) in [7, 11) is 3.72. The van der Waals surface area contributed by atoms with Gasteiger partial charge >= 0.3 is 0 Å². The fourth-order valence-electron chi connectivity index (χ4n) is 5.09. The maximum Gasteiger partial charge on any atom is 0.272 e. The Kier molecular flexibility index (Phi) is 8.61. The normalized spacial score (nSPS) is 19.3. The molecule has 1 aliphatic heterocycles. The van der Waals surface area contributed by atoms with E-state index >= 15 is 0 Å². The van der Waals surface area contributed by atoms with Crippen LogP contribution in [0.2, 0.25) is 0 Å². The van der Waals surface area contributed by atoms with E-state index in [1.165, 1.54) is 0 Å². The Morgan fingerprint density at radius 1 is 1.11 bits per heavy atom. The number of nitrogens with zero attached hydrogens (tertiary/aromatic N) is 4. The number of fused-ring (bicyclic) bond motifs is 1. The number of benzene rings is 1. The number of aryl methyl sites for hydroxylation is 1. The summed E-state index contributed by atoms with van der Waals surface area (Å²) in [6, 6.07) is 9.61. The molecule has 194 valence electrons. The summed E-state index contributed by atoms with van der Waals surface area (Å²) in [5, 5.41) is 7.48. The van der Waals surface area contributed by atoms with E-state index in [-0.39, 0.29) is 23.8 Å². The largest absolute Gasteiger partial charge is 0.494 e. The number of carbonyl (C=O) groups excluding carboxylic acids is 3. The summed E-state index contributed by atoms with van der Waals surface area (Å²) < 4.78 is 7.51. The van der Waals surface area contributed by atoms with Crippen molar-refractivity contribution in [3.8, 4) is 5.75 Å². The number of carbonyl (C=O) groups is 3. The van der Waals surface area contributed by atoms with Gasteiger partial charge in [-0.1, -0.05) is 18.2 Å². The standard InChI is InChI=1S/C27H37N5O4/c1-30-20-13-14-23-22(19-20)26(29-31(23)2)27(35)28-15-8-17-32(16-6-11-24(30)33)25(34)12-7-18-36-21-9-4-3-5-10-21/h3-5,9-10,20H,6-8,11-19H2,1-2H3,(H,28,35). The van der Waals surface area contributed by atoms with E-state index in [9.17, 15) is 14.4 Å². The van der Waals surface area contributed by atoms with Crippen LogP contribution in [0.4, 0.5) is 0 Å². The topological polar surface area (TPSA) is 96.8 Å². The molecule has 2 heterocycles. The predicted octanol–water partition coefficient (Wildman–Crippen LogP) is 2.34. The molecule has 36 heavy (non-hydrogen) atoms. The molecular weight excluding hydrogens is 458 g/mol. The highest BCUT2D eigenvalue weighted by Gasteiger charge is 2.31. The zero-order chi connectivity index (χ0) is 25.5. The molecule has 1 aromatic heterocycles. The van der Waals surface area contributed by atoms with Gasteiger partial charge in [-0.25, -0.2) is 0 Å². The highest BCUT2D eigenvalue weighted by molar-refractivity contribution is 5.94. The Hall–Kier alpha value is -3.36. The molecule has 9 nitrogen and oxygen atoms in total. The number of likely N-dealkylation sites (N-methyl/N-ethyl adjacent to an activating group) is 1. The van der Waals surface area contributed by atoms with E-state index in [2.05, 4.69) is 10.4 Å². The second kappa shape index (κ2) is 12.1. The second-order valence-electron chi connectivity index (χ2n) is 9.66. The van der Waals surface area contributed by atoms with Crippen molar-refractivity contribution in [2.45, 2.75) is 57.4 Å². The number of aromatic nitrogens is 2. The maximum atomic E-state index is 13.0. The van der Waals surface area contributed by atoms with Gasteiger partial charge in [-0.2, -0.15) is 5.10 Å². The third-order valence-electron chi connectivity index (χ3n) is 7.19. The zero-order valence-corrected chi connectivity index (χ0v) is 21.4. The number of rotatable bonds is 5. The molecule has 1 N–H and O–H groups in total. The minimum atomic E-state index is -0.188. The van der Waals surface area contributed by atoms with Crippen LogP contribution in [0.5, 0.6) is 5.75 Å². The van der Waals surface area contributed by atoms with Crippen LogP contribution in [0, 0.1) is 0 Å². The van der Waals surface area contributed by atoms with E-state index in [4.69, 9.17) is 4.74 Å². The van der Waals surface area contributed by atoms with E-state index in [0.29, 0.717) is 70.5 Å². The van der Waals surface area contributed by atoms with Gasteiger partial charge in [0.15, 0.2) is 5.69 Å². The van der Waals surface area contributed by atoms with Gasteiger partial charge in [-0.15, -0.1) is 0 Å². The van der Waals surface area contributed by atoms with E-state index in [0.717, 1.165) is 29.8 Å². The van der Waals surface area contributed by atoms with Crippen LogP contribution in [0.25, 0.3) is 0 Å². The van der Waals surface area contributed by atoms with E-state index < -0.39 is 0 Å². The van der Waals surface area contributed by atoms with E-state index in [1.54, 1.807) is 4.68 Å². The monoisotopic (exact) mass is 495 g/mol. The Balaban J connectivity index is 1.37. The molecule has 2 aromatic rings. The van der Waals surface area contributed by atoms with Crippen LogP contribution in [0.3, 0.4) is 0 Å². The van der Waals surface area contributed by atoms with Crippen LogP contribution in [0.15, 0.2) is 30.3 Å². The molecule has 3 amide bonds. The lowest BCUT2D eigenvalue weighted by molar-refractivity contribution is -0.134. The lowest BCUT2D eigenvalue weighted by atomic mass is 9.90. The molecule has 0 saturated carbocycles. The molecule has 0 saturated heterocycles. The lowest BCUT2D eigenvalue weighted by Crippen LogP contribution is -2.41. The average molecular weight is 496 g/mol. The summed E-state index contributed by atoms with van der Waals surface area (Å²) in [5.74, 6) is 0.739. The molecule has 1 atom stereocenters. The maximum absolute atomic E-state index is 13.0. The summed E-state index contributed by atoms with van der Waals surface area (Å²) in [4.78, 5) is 42.5. The Bertz CT molecular complexity index is 1070. The van der Waals surface area contributed by atoms with Crippen molar-refractivity contribution in [3.05, 3.63) is 47.3 Å². The van der Waals surface area contributed by atoms with Gasteiger partial charge in [0.2, 0.25) is 11.8 Å². The van der Waals surface area contributed by atoms with Crippen molar-refractivity contribution in [3.63, 3.8) is 0 Å². The third kappa shape index (κ3) is 6.25. The van der Waals surface area contributed by atoms with Gasteiger partial charge in [0, 0.05) is 63.9 Å². The number of amides is 3. The Labute approximate surface area is 212 Å². The second-order valence-corrected chi connectivity index (χ2v) is 9.66. The van der Waals surface area contributed by atoms with Crippen LogP contribution in [-0.2, 0) is 29.5 Å². The van der Waals surface area contributed by atoms with Crippen LogP contribution < -0.4 is 10.1 Å². The highest BCUT2D eigenvalue weighted by Crippen LogP contribution is 2.27. The van der Waals surface area contributed by atoms with Crippen molar-refractivity contribution in [1.82, 2.24) is 24.9 Å². The first kappa shape index (κ1) is 25.7. The highest BCUT2D eigenvalue weighted by atomic mass is 16.5. The molecule has 2 aliphatic rings. The number of nitrogens with one attached hydrogen (secondary N) is 1. The first-order chi connectivity index (χ1) is 17.4. The summed E-state index contributed by atoms with van der Waals surface area (Å²) >= 11 is 0. The SMILES string of the molecule is CN1C(=O)CCCN(C(=O)CCCOc2ccccc2)CCCNC(=O)c2nn(C)c3c2CC1CC3. The number of hydrogen-bond acceptors (Lipinski definition) is 5. The Morgan fingerprint density at radius 3 is 2.69 bits per heavy atom. The zero-order valence-electron chi connectivity index (χ0n) is 21.4. The molecular formula is C27H37N5O4. The van der Waals surface area contributed by atoms with Crippen LogP contribution in [0.1, 0.15) is 60.3 Å². The average Bonchev–Trinajstić information content (AvgIpc) is 3.23. The molecule has 4 rings (SSSR count). The van der Waals surface area contributed by atoms with Crippen molar-refractivity contribution < 1.29 is 19.1 Å². The number of hydrogen-bond donors (Lipinski definition) is 1. The van der Waals surface area contributed by atoms with Gasteiger partial charge in [-0.3, -0.25) is 19.1 Å². The minimum Gasteiger partial charge on any atom is -0.494 e. The molecule has 0 fully saturated rings. The third-order valence-corrected chi connectivity index (χ3v) is 7.19. The first-order valence-electron chi connectivity index (χ1n) is 13.0. The van der Waals surface area contributed by atoms with E-state index in [1.807, 2.05) is 54.2 Å². The van der Waals surface area contributed by atoms with Gasteiger partial charge < -0.3 is 19.9 Å². The molecule has 1 aliphatic carbocycles. The minimum absolute atomic E-state index is 0.0493. The summed E-state index contributed by atoms with van der Waals surface area (Å²) in [6.07, 6.45) is 4.96. The van der Waals surface area contributed by atoms with Gasteiger partial charge in [0.05, 0.1) is 6.61 Å². The fraction of sp³-hybridized carbons (Fsp3) is 0.556. The van der Waals surface area contributed by atoms with Crippen molar-refractivity contribution >= 4 is 17.7 Å². The lowest BCUT2D eigenvalue weighted by Gasteiger charge is -2.32. The molecule has 2 bridgehead atoms. The molecule has 1 aromatic carbocycles. The van der Waals surface area contributed by atoms with Crippen LogP contribution in [-0.4, -0.2) is 76.6 Å². The number of ether oxygens (including phenoxy) is 1. The van der Waals surface area contributed by atoms with Gasteiger partial charge in [0.25, 0.3) is 5.91 Å². The molecule has 1 unspecified atom stereocenters. The van der Waals surface area contributed by atoms with Gasteiger partial charge in [0.1, 0.15) is 5.75 Å². The first-order valence-corrected chi connectivity index (χ1v) is 13.0. The molecule has 0 radical (unpaired) electrons. The summed E-state index contributed by atoms with van der Waals surface area (Å²) in [5.41, 5.74) is 2.49. The quantitative estimate of drug-likeness (QED) is 0.643. The smallest absolute Gasteiger partial charge is 0.272 e. The summed E-state index contributed by atoms with van der Waals surface area (Å²) in [6.45, 7) is 2.00. The molecule has 9 heteroatoms. The van der Waals surface area contributed by atoms with Crippen molar-refractivity contribution in [2.75, 3.05) is 33.3 Å². The predicted molar refractivity (Wildman–Crippen MR) is 136 cm³/mol. The number of para-hydroxylation sites is 1. The van der Waals surface area contributed by atoms with Crippen LogP contribution >= 0.6 is 0 Å². The van der Waals surface area contributed by atoms with Gasteiger partial charge in [-0.05, 0) is 50.7 Å². The van der Waals surface area contributed by atoms with Crippen molar-refractivity contribution in [2.24, 2.45) is 7.05 Å². The van der Waals surface area contributed by atoms with Crippen molar-refractivity contribution in [1.29, 1.82) is 0 Å². The Morgan fingerprint density at radius 2 is 1.89 bits per heavy atom. The molecule has 0 spiro atoms. The fourth-order valence-corrected chi connectivity index (χ4v) is 5.09.